The minimum absolute atomic E-state index is 0.288. The highest BCUT2D eigenvalue weighted by molar-refractivity contribution is 5.74. The molecule has 0 aromatic heterocycles. The van der Waals surface area contributed by atoms with Crippen LogP contribution in [0.4, 0.5) is 0 Å². The second-order valence-electron chi connectivity index (χ2n) is 3.66. The van der Waals surface area contributed by atoms with E-state index in [0.29, 0.717) is 13.2 Å². The number of carbonyl (C=O) groups excluding carboxylic acids is 1. The summed E-state index contributed by atoms with van der Waals surface area (Å²) in [6.07, 6.45) is 3.50. The normalized spacial score (nSPS) is 12.4. The fourth-order valence-electron chi connectivity index (χ4n) is 1.12. The Labute approximate surface area is 98.3 Å². The number of esters is 1. The van der Waals surface area contributed by atoms with Crippen molar-refractivity contribution in [3.8, 4) is 0 Å². The topological polar surface area (TPSA) is 44.8 Å². The van der Waals surface area contributed by atoms with E-state index >= 15 is 0 Å². The van der Waals surface area contributed by atoms with Crippen LogP contribution >= 0.6 is 0 Å². The molecule has 0 unspecified atom stereocenters. The Balaban J connectivity index is 3.77. The van der Waals surface area contributed by atoms with E-state index in [0.717, 1.165) is 25.7 Å². The molecule has 0 aliphatic carbocycles. The fourth-order valence-corrected chi connectivity index (χ4v) is 1.12. The van der Waals surface area contributed by atoms with Crippen LogP contribution in [0.15, 0.2) is 0 Å². The monoisotopic (exact) mass is 232 g/mol. The van der Waals surface area contributed by atoms with E-state index in [1.807, 2.05) is 0 Å². The maximum atomic E-state index is 11.3. The maximum absolute atomic E-state index is 11.3. The highest BCUT2D eigenvalue weighted by Gasteiger charge is 2.19. The lowest BCUT2D eigenvalue weighted by Crippen LogP contribution is -2.31. The Morgan fingerprint density at radius 1 is 1.12 bits per heavy atom. The first kappa shape index (κ1) is 15.4. The zero-order valence-corrected chi connectivity index (χ0v) is 10.7. The smallest absolute Gasteiger partial charge is 0.337 e. The SMILES string of the molecule is CCCCOC[C@H](OCCCC)C(=O)OC. The van der Waals surface area contributed by atoms with Gasteiger partial charge in [0.25, 0.3) is 0 Å². The Morgan fingerprint density at radius 2 is 1.75 bits per heavy atom. The summed E-state index contributed by atoms with van der Waals surface area (Å²) in [7, 11) is 1.37. The van der Waals surface area contributed by atoms with E-state index in [-0.39, 0.29) is 12.6 Å². The van der Waals surface area contributed by atoms with Gasteiger partial charge in [-0.1, -0.05) is 26.7 Å². The Kier molecular flexibility index (Phi) is 10.5. The van der Waals surface area contributed by atoms with Crippen molar-refractivity contribution in [1.29, 1.82) is 0 Å². The summed E-state index contributed by atoms with van der Waals surface area (Å²) in [5.74, 6) is -0.354. The Hall–Kier alpha value is -0.610. The molecule has 0 aliphatic heterocycles. The molecule has 0 saturated heterocycles. The molecule has 0 aliphatic rings. The molecule has 0 N–H and O–H groups in total. The summed E-state index contributed by atoms with van der Waals surface area (Å²) in [5, 5.41) is 0. The minimum Gasteiger partial charge on any atom is -0.467 e. The molecular formula is C12H24O4. The summed E-state index contributed by atoms with van der Waals surface area (Å²) in [6.45, 7) is 5.71. The first-order valence-corrected chi connectivity index (χ1v) is 6.03. The summed E-state index contributed by atoms with van der Waals surface area (Å²) in [4.78, 5) is 11.3. The van der Waals surface area contributed by atoms with Crippen LogP contribution in [0.1, 0.15) is 39.5 Å². The number of hydrogen-bond donors (Lipinski definition) is 0. The molecule has 4 nitrogen and oxygen atoms in total. The van der Waals surface area contributed by atoms with E-state index < -0.39 is 6.10 Å². The molecule has 1 atom stereocenters. The van der Waals surface area contributed by atoms with Crippen molar-refractivity contribution < 1.29 is 19.0 Å². The van der Waals surface area contributed by atoms with Crippen LogP contribution in [0.25, 0.3) is 0 Å². The van der Waals surface area contributed by atoms with Crippen LogP contribution in [0.5, 0.6) is 0 Å². The Bertz CT molecular complexity index is 170. The first-order valence-electron chi connectivity index (χ1n) is 6.03. The number of rotatable bonds is 10. The summed E-state index contributed by atoms with van der Waals surface area (Å²) in [5.41, 5.74) is 0. The lowest BCUT2D eigenvalue weighted by atomic mass is 10.3. The summed E-state index contributed by atoms with van der Waals surface area (Å²) < 4.78 is 15.4. The van der Waals surface area contributed by atoms with Crippen molar-refractivity contribution in [1.82, 2.24) is 0 Å². The summed E-state index contributed by atoms with van der Waals surface area (Å²) in [6, 6.07) is 0. The minimum atomic E-state index is -0.576. The van der Waals surface area contributed by atoms with Gasteiger partial charge >= 0.3 is 5.97 Å². The second-order valence-corrected chi connectivity index (χ2v) is 3.66. The van der Waals surface area contributed by atoms with Crippen LogP contribution in [0, 0.1) is 0 Å². The molecule has 96 valence electrons. The third-order valence-corrected chi connectivity index (χ3v) is 2.19. The molecular weight excluding hydrogens is 208 g/mol. The van der Waals surface area contributed by atoms with Crippen LogP contribution < -0.4 is 0 Å². The van der Waals surface area contributed by atoms with Gasteiger partial charge in [-0.25, -0.2) is 4.79 Å². The van der Waals surface area contributed by atoms with Crippen LogP contribution in [0.2, 0.25) is 0 Å². The number of carbonyl (C=O) groups is 1. The second kappa shape index (κ2) is 10.9. The average Bonchev–Trinajstić information content (AvgIpc) is 2.31. The van der Waals surface area contributed by atoms with Crippen molar-refractivity contribution in [2.24, 2.45) is 0 Å². The number of methoxy groups -OCH3 is 1. The van der Waals surface area contributed by atoms with E-state index in [9.17, 15) is 4.79 Å². The number of ether oxygens (including phenoxy) is 3. The zero-order valence-electron chi connectivity index (χ0n) is 10.7. The van der Waals surface area contributed by atoms with Gasteiger partial charge in [0.15, 0.2) is 6.10 Å². The van der Waals surface area contributed by atoms with Crippen molar-refractivity contribution in [3.05, 3.63) is 0 Å². The number of hydrogen-bond acceptors (Lipinski definition) is 4. The molecule has 0 aromatic carbocycles. The van der Waals surface area contributed by atoms with E-state index in [4.69, 9.17) is 9.47 Å². The molecule has 0 heterocycles. The molecule has 0 fully saturated rings. The van der Waals surface area contributed by atoms with Crippen LogP contribution in [-0.2, 0) is 19.0 Å². The van der Waals surface area contributed by atoms with Gasteiger partial charge in [-0.15, -0.1) is 0 Å². The largest absolute Gasteiger partial charge is 0.467 e. The van der Waals surface area contributed by atoms with Crippen LogP contribution in [-0.4, -0.2) is 39.0 Å². The van der Waals surface area contributed by atoms with Gasteiger partial charge in [0, 0.05) is 13.2 Å². The molecule has 0 spiro atoms. The standard InChI is InChI=1S/C12H24O4/c1-4-6-8-15-10-11(12(13)14-3)16-9-7-5-2/h11H,4-10H2,1-3H3/t11-/m0/s1. The van der Waals surface area contributed by atoms with Crippen molar-refractivity contribution in [3.63, 3.8) is 0 Å². The molecule has 0 aromatic rings. The van der Waals surface area contributed by atoms with Gasteiger partial charge in [-0.3, -0.25) is 0 Å². The van der Waals surface area contributed by atoms with Gasteiger partial charge in [0.1, 0.15) is 0 Å². The molecule has 0 bridgehead atoms. The predicted octanol–water partition coefficient (Wildman–Crippen LogP) is 2.16. The average molecular weight is 232 g/mol. The van der Waals surface area contributed by atoms with Gasteiger partial charge < -0.3 is 14.2 Å². The van der Waals surface area contributed by atoms with Gasteiger partial charge in [0.05, 0.1) is 13.7 Å². The third-order valence-electron chi connectivity index (χ3n) is 2.19. The molecule has 4 heteroatoms. The highest BCUT2D eigenvalue weighted by Crippen LogP contribution is 2.00. The molecule has 0 saturated carbocycles. The zero-order chi connectivity index (χ0) is 12.2. The lowest BCUT2D eigenvalue weighted by Gasteiger charge is -2.15. The van der Waals surface area contributed by atoms with Crippen molar-refractivity contribution >= 4 is 5.97 Å². The molecule has 0 amide bonds. The van der Waals surface area contributed by atoms with Crippen LogP contribution in [0.3, 0.4) is 0 Å². The maximum Gasteiger partial charge on any atom is 0.337 e. The molecule has 16 heavy (non-hydrogen) atoms. The Morgan fingerprint density at radius 3 is 2.31 bits per heavy atom. The van der Waals surface area contributed by atoms with Gasteiger partial charge in [-0.2, -0.15) is 0 Å². The number of unbranched alkanes of at least 4 members (excludes halogenated alkanes) is 2. The quantitative estimate of drug-likeness (QED) is 0.428. The first-order chi connectivity index (χ1) is 7.76. The van der Waals surface area contributed by atoms with E-state index in [2.05, 4.69) is 18.6 Å². The predicted molar refractivity (Wildman–Crippen MR) is 62.4 cm³/mol. The fraction of sp³-hybridized carbons (Fsp3) is 0.917. The van der Waals surface area contributed by atoms with Gasteiger partial charge in [-0.05, 0) is 12.8 Å². The highest BCUT2D eigenvalue weighted by atomic mass is 16.6. The van der Waals surface area contributed by atoms with Crippen molar-refractivity contribution in [2.75, 3.05) is 26.9 Å². The van der Waals surface area contributed by atoms with E-state index in [1.54, 1.807) is 0 Å². The molecule has 0 rings (SSSR count). The van der Waals surface area contributed by atoms with E-state index in [1.165, 1.54) is 7.11 Å². The molecule has 0 radical (unpaired) electrons. The van der Waals surface area contributed by atoms with Gasteiger partial charge in [0.2, 0.25) is 0 Å². The third kappa shape index (κ3) is 7.65. The van der Waals surface area contributed by atoms with Crippen molar-refractivity contribution in [2.45, 2.75) is 45.6 Å². The summed E-state index contributed by atoms with van der Waals surface area (Å²) >= 11 is 0. The lowest BCUT2D eigenvalue weighted by molar-refractivity contribution is -0.158.